The average molecular weight is 492 g/mol. The number of hydrogen-bond acceptors (Lipinski definition) is 3. The van der Waals surface area contributed by atoms with Crippen molar-refractivity contribution in [1.82, 2.24) is 5.32 Å². The molecule has 1 fully saturated rings. The molecule has 188 valence electrons. The second-order valence-electron chi connectivity index (χ2n) is 9.99. The van der Waals surface area contributed by atoms with E-state index in [-0.39, 0.29) is 17.9 Å². The van der Waals surface area contributed by atoms with Gasteiger partial charge in [-0.3, -0.25) is 9.59 Å². The molecule has 1 aliphatic rings. The van der Waals surface area contributed by atoms with Crippen molar-refractivity contribution >= 4 is 34.0 Å². The lowest BCUT2D eigenvalue weighted by atomic mass is 9.97. The van der Waals surface area contributed by atoms with Crippen molar-refractivity contribution in [2.24, 2.45) is 5.92 Å². The van der Waals surface area contributed by atoms with Crippen molar-refractivity contribution in [3.63, 3.8) is 0 Å². The summed E-state index contributed by atoms with van der Waals surface area (Å²) in [6, 6.07) is 29.0. The lowest BCUT2D eigenvalue weighted by Crippen LogP contribution is -2.35. The highest BCUT2D eigenvalue weighted by Crippen LogP contribution is 2.30. The highest BCUT2D eigenvalue weighted by atomic mass is 16.2. The van der Waals surface area contributed by atoms with E-state index in [4.69, 9.17) is 0 Å². The second-order valence-corrected chi connectivity index (χ2v) is 9.99. The summed E-state index contributed by atoms with van der Waals surface area (Å²) in [5.41, 5.74) is 3.74. The van der Waals surface area contributed by atoms with Gasteiger partial charge in [-0.15, -0.1) is 0 Å². The van der Waals surface area contributed by atoms with Crippen LogP contribution in [0.25, 0.3) is 10.8 Å². The molecule has 4 aromatic carbocycles. The molecule has 0 bridgehead atoms. The van der Waals surface area contributed by atoms with Crippen LogP contribution in [0.1, 0.15) is 59.0 Å². The van der Waals surface area contributed by atoms with Gasteiger partial charge in [0.15, 0.2) is 0 Å². The van der Waals surface area contributed by atoms with Gasteiger partial charge in [0, 0.05) is 30.0 Å². The SMILES string of the molecule is CC1CCN(c2ccc(NC(=O)c3cccc4ccccc34)cc2C(=O)N[C@@H](C)c2ccccc2)CC1. The lowest BCUT2D eigenvalue weighted by Gasteiger charge is -2.33. The third-order valence-corrected chi connectivity index (χ3v) is 7.30. The predicted molar refractivity (Wildman–Crippen MR) is 151 cm³/mol. The van der Waals surface area contributed by atoms with E-state index in [0.717, 1.165) is 48.0 Å². The number of fused-ring (bicyclic) bond motifs is 1. The maximum absolute atomic E-state index is 13.6. The predicted octanol–water partition coefficient (Wildman–Crippen LogP) is 6.82. The molecule has 5 nitrogen and oxygen atoms in total. The fraction of sp³-hybridized carbons (Fsp3) is 0.250. The molecular formula is C32H33N3O2. The van der Waals surface area contributed by atoms with E-state index in [1.54, 1.807) is 0 Å². The topological polar surface area (TPSA) is 61.4 Å². The Morgan fingerprint density at radius 3 is 2.30 bits per heavy atom. The maximum atomic E-state index is 13.6. The van der Waals surface area contributed by atoms with Crippen LogP contribution in [0.2, 0.25) is 0 Å². The first-order valence-electron chi connectivity index (χ1n) is 13.0. The summed E-state index contributed by atoms with van der Waals surface area (Å²) in [6.45, 7) is 6.09. The van der Waals surface area contributed by atoms with Gasteiger partial charge >= 0.3 is 0 Å². The monoisotopic (exact) mass is 491 g/mol. The van der Waals surface area contributed by atoms with Crippen LogP contribution in [0, 0.1) is 5.92 Å². The number of benzene rings is 4. The first-order valence-corrected chi connectivity index (χ1v) is 13.0. The van der Waals surface area contributed by atoms with Crippen molar-refractivity contribution in [1.29, 1.82) is 0 Å². The van der Waals surface area contributed by atoms with E-state index < -0.39 is 0 Å². The Balaban J connectivity index is 1.44. The summed E-state index contributed by atoms with van der Waals surface area (Å²) in [5, 5.41) is 8.10. The van der Waals surface area contributed by atoms with Crippen molar-refractivity contribution in [2.45, 2.75) is 32.7 Å². The van der Waals surface area contributed by atoms with Crippen LogP contribution in [-0.4, -0.2) is 24.9 Å². The molecule has 5 heteroatoms. The van der Waals surface area contributed by atoms with Gasteiger partial charge in [-0.05, 0) is 66.3 Å². The minimum absolute atomic E-state index is 0.142. The van der Waals surface area contributed by atoms with Crippen LogP contribution < -0.4 is 15.5 Å². The summed E-state index contributed by atoms with van der Waals surface area (Å²) in [7, 11) is 0. The zero-order valence-corrected chi connectivity index (χ0v) is 21.4. The number of anilines is 2. The summed E-state index contributed by atoms with van der Waals surface area (Å²) in [4.78, 5) is 29.2. The number of hydrogen-bond donors (Lipinski definition) is 2. The Bertz CT molecular complexity index is 1400. The molecule has 0 saturated carbocycles. The summed E-state index contributed by atoms with van der Waals surface area (Å²) in [6.07, 6.45) is 2.20. The number of nitrogens with zero attached hydrogens (tertiary/aromatic N) is 1. The smallest absolute Gasteiger partial charge is 0.256 e. The van der Waals surface area contributed by atoms with Gasteiger partial charge in [-0.1, -0.05) is 73.7 Å². The van der Waals surface area contributed by atoms with Crippen LogP contribution in [0.4, 0.5) is 11.4 Å². The van der Waals surface area contributed by atoms with Crippen molar-refractivity contribution in [3.05, 3.63) is 108 Å². The van der Waals surface area contributed by atoms with Gasteiger partial charge in [0.2, 0.25) is 0 Å². The number of piperidine rings is 1. The van der Waals surface area contributed by atoms with E-state index in [1.165, 1.54) is 0 Å². The Labute approximate surface area is 218 Å². The fourth-order valence-corrected chi connectivity index (χ4v) is 5.04. The fourth-order valence-electron chi connectivity index (χ4n) is 5.04. The zero-order valence-electron chi connectivity index (χ0n) is 21.4. The van der Waals surface area contributed by atoms with Crippen LogP contribution in [0.5, 0.6) is 0 Å². The highest BCUT2D eigenvalue weighted by molar-refractivity contribution is 6.13. The van der Waals surface area contributed by atoms with Crippen LogP contribution in [-0.2, 0) is 0 Å². The van der Waals surface area contributed by atoms with E-state index in [2.05, 4.69) is 22.5 Å². The largest absolute Gasteiger partial charge is 0.371 e. The molecule has 37 heavy (non-hydrogen) atoms. The minimum Gasteiger partial charge on any atom is -0.371 e. The second kappa shape index (κ2) is 10.9. The molecule has 0 radical (unpaired) electrons. The number of amides is 2. The molecule has 1 heterocycles. The molecule has 0 spiro atoms. The van der Waals surface area contributed by atoms with Crippen LogP contribution in [0.15, 0.2) is 91.0 Å². The first-order chi connectivity index (χ1) is 18.0. The molecule has 0 unspecified atom stereocenters. The summed E-state index contributed by atoms with van der Waals surface area (Å²) in [5.74, 6) is 0.345. The molecule has 0 aliphatic carbocycles. The minimum atomic E-state index is -0.194. The molecule has 1 saturated heterocycles. The number of carbonyl (C=O) groups excluding carboxylic acids is 2. The normalized spacial score (nSPS) is 14.8. The standard InChI is InChI=1S/C32H33N3O2/c1-22-17-19-35(20-18-22)30-16-15-26(21-29(30)32(37)33-23(2)24-9-4-3-5-10-24)34-31(36)28-14-8-12-25-11-6-7-13-27(25)28/h3-16,21-23H,17-20H2,1-2H3,(H,33,37)(H,34,36)/t23-/m0/s1. The zero-order chi connectivity index (χ0) is 25.8. The maximum Gasteiger partial charge on any atom is 0.256 e. The Morgan fingerprint density at radius 1 is 0.811 bits per heavy atom. The quantitative estimate of drug-likeness (QED) is 0.311. The molecular weight excluding hydrogens is 458 g/mol. The number of carbonyl (C=O) groups is 2. The number of nitrogens with one attached hydrogen (secondary N) is 2. The highest BCUT2D eigenvalue weighted by Gasteiger charge is 2.23. The Kier molecular flexibility index (Phi) is 7.22. The van der Waals surface area contributed by atoms with Gasteiger partial charge in [0.05, 0.1) is 11.6 Å². The van der Waals surface area contributed by atoms with Crippen LogP contribution >= 0.6 is 0 Å². The molecule has 5 rings (SSSR count). The molecule has 2 amide bonds. The van der Waals surface area contributed by atoms with Crippen molar-refractivity contribution < 1.29 is 9.59 Å². The van der Waals surface area contributed by atoms with Gasteiger partial charge < -0.3 is 15.5 Å². The molecule has 4 aromatic rings. The van der Waals surface area contributed by atoms with E-state index >= 15 is 0 Å². The van der Waals surface area contributed by atoms with Gasteiger partial charge in [0.1, 0.15) is 0 Å². The summed E-state index contributed by atoms with van der Waals surface area (Å²) >= 11 is 0. The van der Waals surface area contributed by atoms with Crippen LogP contribution in [0.3, 0.4) is 0 Å². The van der Waals surface area contributed by atoms with E-state index in [1.807, 2.05) is 97.9 Å². The molecule has 1 atom stereocenters. The van der Waals surface area contributed by atoms with Gasteiger partial charge in [0.25, 0.3) is 11.8 Å². The van der Waals surface area contributed by atoms with Gasteiger partial charge in [-0.25, -0.2) is 0 Å². The Hall–Kier alpha value is -4.12. The average Bonchev–Trinajstić information content (AvgIpc) is 2.93. The van der Waals surface area contributed by atoms with Gasteiger partial charge in [-0.2, -0.15) is 0 Å². The molecule has 1 aliphatic heterocycles. The lowest BCUT2D eigenvalue weighted by molar-refractivity contribution is 0.0939. The third-order valence-electron chi connectivity index (χ3n) is 7.30. The molecule has 0 aromatic heterocycles. The van der Waals surface area contributed by atoms with E-state index in [9.17, 15) is 9.59 Å². The van der Waals surface area contributed by atoms with Crippen molar-refractivity contribution in [3.8, 4) is 0 Å². The van der Waals surface area contributed by atoms with E-state index in [0.29, 0.717) is 22.7 Å². The molecule has 2 N–H and O–H groups in total. The third kappa shape index (κ3) is 5.51. The number of rotatable bonds is 6. The summed E-state index contributed by atoms with van der Waals surface area (Å²) < 4.78 is 0. The Morgan fingerprint density at radius 2 is 1.51 bits per heavy atom. The van der Waals surface area contributed by atoms with Crippen molar-refractivity contribution in [2.75, 3.05) is 23.3 Å². The first kappa shape index (κ1) is 24.6.